The molecule has 0 aromatic heterocycles. The van der Waals surface area contributed by atoms with E-state index in [-0.39, 0.29) is 109 Å². The minimum absolute atomic E-state index is 0.0178. The molecule has 0 atom stereocenters. The number of carbonyl (C=O) groups is 6. The van der Waals surface area contributed by atoms with Crippen LogP contribution < -0.4 is 0 Å². The number of esters is 6. The Morgan fingerprint density at radius 2 is 0.600 bits per heavy atom. The van der Waals surface area contributed by atoms with Gasteiger partial charge in [-0.3, -0.25) is 28.8 Å². The Labute approximate surface area is 299 Å². The van der Waals surface area contributed by atoms with E-state index in [1.807, 2.05) is 62.3 Å². The Balaban J connectivity index is 6.61. The van der Waals surface area contributed by atoms with Crippen LogP contribution in [0.2, 0.25) is 0 Å². The fourth-order valence-corrected chi connectivity index (χ4v) is 4.39. The quantitative estimate of drug-likeness (QED) is 0.0707. The lowest BCUT2D eigenvalue weighted by molar-refractivity contribution is -0.175. The third-order valence-corrected chi connectivity index (χ3v) is 7.14. The van der Waals surface area contributed by atoms with Gasteiger partial charge < -0.3 is 33.2 Å². The lowest BCUT2D eigenvalue weighted by Crippen LogP contribution is -2.47. The van der Waals surface area contributed by atoms with E-state index in [2.05, 4.69) is 0 Å². The van der Waals surface area contributed by atoms with Crippen LogP contribution in [0.1, 0.15) is 120 Å². The third kappa shape index (κ3) is 22.5. The molecule has 0 N–H and O–H groups in total. The molecular formula is C37H64O13. The highest BCUT2D eigenvalue weighted by Gasteiger charge is 2.41. The molecule has 0 saturated carbocycles. The summed E-state index contributed by atoms with van der Waals surface area (Å²) in [5, 5.41) is 0. The highest BCUT2D eigenvalue weighted by molar-refractivity contribution is 5.71. The number of carbonyl (C=O) groups excluding carboxylic acids is 6. The third-order valence-electron chi connectivity index (χ3n) is 7.14. The van der Waals surface area contributed by atoms with Crippen LogP contribution in [0.15, 0.2) is 0 Å². The zero-order chi connectivity index (χ0) is 38.2. The van der Waals surface area contributed by atoms with Crippen LogP contribution in [-0.2, 0) is 61.9 Å². The van der Waals surface area contributed by atoms with Crippen molar-refractivity contribution in [2.24, 2.45) is 28.6 Å². The van der Waals surface area contributed by atoms with Gasteiger partial charge in [-0.25, -0.2) is 0 Å². The molecule has 0 radical (unpaired) electrons. The zero-order valence-electron chi connectivity index (χ0n) is 32.1. The van der Waals surface area contributed by atoms with Gasteiger partial charge in [-0.1, -0.05) is 62.3 Å². The summed E-state index contributed by atoms with van der Waals surface area (Å²) in [6, 6.07) is 0. The first kappa shape index (κ1) is 46.8. The summed E-state index contributed by atoms with van der Waals surface area (Å²) in [6.45, 7) is 14.3. The van der Waals surface area contributed by atoms with Crippen LogP contribution in [0.25, 0.3) is 0 Å². The van der Waals surface area contributed by atoms with Crippen molar-refractivity contribution in [1.29, 1.82) is 0 Å². The van der Waals surface area contributed by atoms with Gasteiger partial charge in [-0.05, 0) is 37.0 Å². The van der Waals surface area contributed by atoms with Gasteiger partial charge in [-0.15, -0.1) is 0 Å². The van der Waals surface area contributed by atoms with Crippen molar-refractivity contribution >= 4 is 35.8 Å². The van der Waals surface area contributed by atoms with E-state index in [1.165, 1.54) is 0 Å². The Hall–Kier alpha value is -3.22. The zero-order valence-corrected chi connectivity index (χ0v) is 32.1. The van der Waals surface area contributed by atoms with Crippen molar-refractivity contribution < 1.29 is 61.9 Å². The molecule has 13 nitrogen and oxygen atoms in total. The second kappa shape index (κ2) is 25.7. The first-order valence-electron chi connectivity index (χ1n) is 18.0. The molecule has 0 heterocycles. The topological polar surface area (TPSA) is 167 Å². The second-order valence-corrected chi connectivity index (χ2v) is 14.5. The molecule has 0 fully saturated rings. The normalized spacial score (nSPS) is 11.8. The van der Waals surface area contributed by atoms with Gasteiger partial charge in [0, 0.05) is 38.5 Å². The van der Waals surface area contributed by atoms with Crippen molar-refractivity contribution in [3.05, 3.63) is 0 Å². The van der Waals surface area contributed by atoms with E-state index in [0.29, 0.717) is 19.3 Å². The molecule has 290 valence electrons. The van der Waals surface area contributed by atoms with Crippen molar-refractivity contribution in [2.45, 2.75) is 120 Å². The first-order valence-corrected chi connectivity index (χ1v) is 18.0. The molecule has 0 unspecified atom stereocenters. The van der Waals surface area contributed by atoms with Gasteiger partial charge >= 0.3 is 35.8 Å². The maximum Gasteiger partial charge on any atom is 0.306 e. The minimum atomic E-state index is -1.33. The molecule has 0 bridgehead atoms. The van der Waals surface area contributed by atoms with Crippen molar-refractivity contribution in [3.8, 4) is 0 Å². The van der Waals surface area contributed by atoms with Crippen LogP contribution >= 0.6 is 0 Å². The summed E-state index contributed by atoms with van der Waals surface area (Å²) in [6.07, 6.45) is 2.48. The minimum Gasteiger partial charge on any atom is -0.465 e. The monoisotopic (exact) mass is 716 g/mol. The molecule has 0 aliphatic heterocycles. The van der Waals surface area contributed by atoms with E-state index in [0.717, 1.165) is 0 Å². The van der Waals surface area contributed by atoms with Crippen molar-refractivity contribution in [2.75, 3.05) is 52.9 Å². The molecule has 0 spiro atoms. The van der Waals surface area contributed by atoms with Gasteiger partial charge in [-0.2, -0.15) is 0 Å². The second-order valence-electron chi connectivity index (χ2n) is 14.5. The maximum atomic E-state index is 12.7. The van der Waals surface area contributed by atoms with Gasteiger partial charge in [0.1, 0.15) is 39.6 Å². The molecular weight excluding hydrogens is 652 g/mol. The van der Waals surface area contributed by atoms with Crippen molar-refractivity contribution in [1.82, 2.24) is 0 Å². The van der Waals surface area contributed by atoms with Crippen LogP contribution in [-0.4, -0.2) is 88.7 Å². The molecule has 0 aliphatic rings. The van der Waals surface area contributed by atoms with E-state index in [4.69, 9.17) is 33.2 Å². The number of rotatable bonds is 28. The molecule has 0 amide bonds. The summed E-state index contributed by atoms with van der Waals surface area (Å²) < 4.78 is 39.8. The van der Waals surface area contributed by atoms with Gasteiger partial charge in [0.05, 0.1) is 24.0 Å². The van der Waals surface area contributed by atoms with Crippen molar-refractivity contribution in [3.63, 3.8) is 0 Å². The molecule has 0 rings (SSSR count). The average molecular weight is 717 g/mol. The summed E-state index contributed by atoms with van der Waals surface area (Å²) in [5.74, 6) is -2.89. The number of hydrogen-bond donors (Lipinski definition) is 0. The smallest absolute Gasteiger partial charge is 0.306 e. The van der Waals surface area contributed by atoms with Gasteiger partial charge in [0.15, 0.2) is 0 Å². The SMILES string of the molecule is CCCC(=O)OCC(COCC(COC(=O)CCC)(COC(=O)CC(C)C)COC(=O)CC(C)C)(COC(=O)CCC)COC(=O)CC(C)C. The summed E-state index contributed by atoms with van der Waals surface area (Å²) in [5.41, 5.74) is -2.66. The van der Waals surface area contributed by atoms with E-state index < -0.39 is 46.6 Å². The molecule has 13 heteroatoms. The van der Waals surface area contributed by atoms with Crippen LogP contribution in [0.4, 0.5) is 0 Å². The Kier molecular flexibility index (Phi) is 24.0. The van der Waals surface area contributed by atoms with E-state index in [9.17, 15) is 28.8 Å². The molecule has 0 saturated heterocycles. The average Bonchev–Trinajstić information content (AvgIpc) is 3.01. The van der Waals surface area contributed by atoms with Gasteiger partial charge in [0.25, 0.3) is 0 Å². The van der Waals surface area contributed by atoms with E-state index in [1.54, 1.807) is 0 Å². The fourth-order valence-electron chi connectivity index (χ4n) is 4.39. The van der Waals surface area contributed by atoms with Gasteiger partial charge in [0.2, 0.25) is 0 Å². The highest BCUT2D eigenvalue weighted by atomic mass is 16.6. The van der Waals surface area contributed by atoms with Crippen LogP contribution in [0.5, 0.6) is 0 Å². The standard InChI is InChI=1S/C37H64O13/c1-10-13-30(38)45-21-36(22-46-31(39)14-11-2,24-48-33(41)16-27(4)5)19-44-20-37(23-47-32(40)15-12-3,25-49-34(42)17-28(6)7)26-50-35(43)18-29(8)9/h27-29H,10-26H2,1-9H3. The van der Waals surface area contributed by atoms with E-state index >= 15 is 0 Å². The Bertz CT molecular complexity index is 986. The molecule has 0 aliphatic carbocycles. The molecule has 50 heavy (non-hydrogen) atoms. The number of ether oxygens (including phenoxy) is 7. The van der Waals surface area contributed by atoms with Crippen LogP contribution in [0, 0.1) is 28.6 Å². The Morgan fingerprint density at radius 1 is 0.380 bits per heavy atom. The first-order chi connectivity index (χ1) is 23.5. The molecule has 0 aromatic carbocycles. The largest absolute Gasteiger partial charge is 0.465 e. The lowest BCUT2D eigenvalue weighted by Gasteiger charge is -2.35. The maximum absolute atomic E-state index is 12.7. The lowest BCUT2D eigenvalue weighted by atomic mass is 9.90. The number of hydrogen-bond acceptors (Lipinski definition) is 13. The highest BCUT2D eigenvalue weighted by Crippen LogP contribution is 2.27. The summed E-state index contributed by atoms with van der Waals surface area (Å²) in [4.78, 5) is 75.4. The summed E-state index contributed by atoms with van der Waals surface area (Å²) >= 11 is 0. The predicted molar refractivity (Wildman–Crippen MR) is 185 cm³/mol. The fraction of sp³-hybridized carbons (Fsp3) is 0.838. The molecule has 0 aromatic rings. The predicted octanol–water partition coefficient (Wildman–Crippen LogP) is 5.77. The Morgan fingerprint density at radius 3 is 0.800 bits per heavy atom. The summed E-state index contributed by atoms with van der Waals surface area (Å²) in [7, 11) is 0. The van der Waals surface area contributed by atoms with Crippen LogP contribution in [0.3, 0.4) is 0 Å².